The van der Waals surface area contributed by atoms with Crippen molar-refractivity contribution in [3.05, 3.63) is 80.5 Å². The monoisotopic (exact) mass is 322 g/mol. The standard InChI is InChI=1S/C19H18N2O3/c22-18-16-8-4-7-15-9-14(10-21(17(15)16)19(23)20-18)12-24-11-13-5-2-1-3-6-13/h1-8,14H,9-12H2,(H,20,22,23). The summed E-state index contributed by atoms with van der Waals surface area (Å²) in [6.45, 7) is 1.71. The first-order valence-electron chi connectivity index (χ1n) is 8.09. The zero-order valence-corrected chi connectivity index (χ0v) is 13.2. The molecule has 24 heavy (non-hydrogen) atoms. The molecule has 4 rings (SSSR count). The molecule has 0 bridgehead atoms. The minimum absolute atomic E-state index is 0.218. The van der Waals surface area contributed by atoms with E-state index in [1.807, 2.05) is 42.5 Å². The van der Waals surface area contributed by atoms with Crippen molar-refractivity contribution in [3.63, 3.8) is 0 Å². The van der Waals surface area contributed by atoms with Crippen LogP contribution in [0.15, 0.2) is 58.1 Å². The topological polar surface area (TPSA) is 64.1 Å². The lowest BCUT2D eigenvalue weighted by Gasteiger charge is -2.26. The number of hydrogen-bond acceptors (Lipinski definition) is 3. The highest BCUT2D eigenvalue weighted by Crippen LogP contribution is 2.24. The molecule has 1 N–H and O–H groups in total. The number of aromatic nitrogens is 2. The van der Waals surface area contributed by atoms with Crippen LogP contribution in [0.25, 0.3) is 10.9 Å². The highest BCUT2D eigenvalue weighted by atomic mass is 16.5. The second kappa shape index (κ2) is 6.09. The lowest BCUT2D eigenvalue weighted by atomic mass is 9.94. The number of nitrogens with one attached hydrogen (secondary N) is 1. The zero-order chi connectivity index (χ0) is 16.5. The van der Waals surface area contributed by atoms with Gasteiger partial charge in [-0.15, -0.1) is 0 Å². The predicted octanol–water partition coefficient (Wildman–Crippen LogP) is 2.08. The molecule has 2 aromatic carbocycles. The number of rotatable bonds is 4. The van der Waals surface area contributed by atoms with Crippen molar-refractivity contribution < 1.29 is 4.74 Å². The number of aromatic amines is 1. The molecule has 0 saturated carbocycles. The smallest absolute Gasteiger partial charge is 0.328 e. The van der Waals surface area contributed by atoms with E-state index in [4.69, 9.17) is 4.74 Å². The van der Waals surface area contributed by atoms with Crippen molar-refractivity contribution >= 4 is 10.9 Å². The molecule has 5 nitrogen and oxygen atoms in total. The molecule has 2 heterocycles. The van der Waals surface area contributed by atoms with Crippen molar-refractivity contribution in [1.82, 2.24) is 9.55 Å². The Kier molecular flexibility index (Phi) is 3.78. The van der Waals surface area contributed by atoms with Crippen molar-refractivity contribution in [2.45, 2.75) is 19.6 Å². The fourth-order valence-corrected chi connectivity index (χ4v) is 3.43. The molecule has 3 aromatic rings. The summed E-state index contributed by atoms with van der Waals surface area (Å²) in [5, 5.41) is 0.579. The third-order valence-corrected chi connectivity index (χ3v) is 4.51. The van der Waals surface area contributed by atoms with Crippen LogP contribution in [0.1, 0.15) is 11.1 Å². The summed E-state index contributed by atoms with van der Waals surface area (Å²) in [5.41, 5.74) is 2.29. The zero-order valence-electron chi connectivity index (χ0n) is 13.2. The second-order valence-electron chi connectivity index (χ2n) is 6.25. The first-order chi connectivity index (χ1) is 11.7. The first-order valence-corrected chi connectivity index (χ1v) is 8.09. The number of para-hydroxylation sites is 1. The van der Waals surface area contributed by atoms with Crippen LogP contribution in [0.5, 0.6) is 0 Å². The molecule has 5 heteroatoms. The summed E-state index contributed by atoms with van der Waals surface area (Å²) in [6, 6.07) is 15.7. The lowest BCUT2D eigenvalue weighted by molar-refractivity contribution is 0.0796. The van der Waals surface area contributed by atoms with E-state index in [0.29, 0.717) is 25.1 Å². The van der Waals surface area contributed by atoms with Crippen LogP contribution < -0.4 is 11.2 Å². The molecule has 0 amide bonds. The average Bonchev–Trinajstić information content (AvgIpc) is 2.60. The molecule has 1 aliphatic heterocycles. The van der Waals surface area contributed by atoms with Crippen LogP contribution in [-0.4, -0.2) is 16.2 Å². The molecule has 0 spiro atoms. The average molecular weight is 322 g/mol. The van der Waals surface area contributed by atoms with E-state index >= 15 is 0 Å². The Hall–Kier alpha value is -2.66. The molecule has 0 saturated heterocycles. The van der Waals surface area contributed by atoms with Gasteiger partial charge in [0.15, 0.2) is 0 Å². The van der Waals surface area contributed by atoms with E-state index in [1.165, 1.54) is 0 Å². The molecular formula is C19H18N2O3. The van der Waals surface area contributed by atoms with Gasteiger partial charge >= 0.3 is 5.69 Å². The molecule has 1 unspecified atom stereocenters. The summed E-state index contributed by atoms with van der Waals surface area (Å²) in [7, 11) is 0. The van der Waals surface area contributed by atoms with Gasteiger partial charge in [-0.05, 0) is 23.6 Å². The minimum Gasteiger partial charge on any atom is -0.376 e. The van der Waals surface area contributed by atoms with Gasteiger partial charge in [-0.3, -0.25) is 14.3 Å². The van der Waals surface area contributed by atoms with Gasteiger partial charge in [0.25, 0.3) is 5.56 Å². The SMILES string of the molecule is O=c1[nH]c(=O)n2c3c(cccc13)CC(COCc1ccccc1)C2. The van der Waals surface area contributed by atoms with Crippen LogP contribution >= 0.6 is 0 Å². The van der Waals surface area contributed by atoms with Gasteiger partial charge in [-0.2, -0.15) is 0 Å². The predicted molar refractivity (Wildman–Crippen MR) is 92.1 cm³/mol. The molecule has 1 aliphatic rings. The van der Waals surface area contributed by atoms with Gasteiger partial charge in [-0.25, -0.2) is 4.79 Å². The number of H-pyrrole nitrogens is 1. The number of nitrogens with zero attached hydrogens (tertiary/aromatic N) is 1. The Balaban J connectivity index is 1.55. The normalized spacial score (nSPS) is 16.4. The van der Waals surface area contributed by atoms with E-state index in [1.54, 1.807) is 10.6 Å². The Labute approximate surface area is 138 Å². The third-order valence-electron chi connectivity index (χ3n) is 4.51. The molecule has 0 aliphatic carbocycles. The van der Waals surface area contributed by atoms with E-state index in [-0.39, 0.29) is 17.2 Å². The third kappa shape index (κ3) is 2.67. The van der Waals surface area contributed by atoms with E-state index < -0.39 is 0 Å². The molecule has 122 valence electrons. The van der Waals surface area contributed by atoms with Gasteiger partial charge < -0.3 is 4.74 Å². The van der Waals surface area contributed by atoms with Gasteiger partial charge in [0.1, 0.15) is 0 Å². The molecular weight excluding hydrogens is 304 g/mol. The summed E-state index contributed by atoms with van der Waals surface area (Å²) >= 11 is 0. The van der Waals surface area contributed by atoms with E-state index in [0.717, 1.165) is 23.1 Å². The van der Waals surface area contributed by atoms with E-state index in [2.05, 4.69) is 4.98 Å². The fourth-order valence-electron chi connectivity index (χ4n) is 3.43. The quantitative estimate of drug-likeness (QED) is 0.800. The first kappa shape index (κ1) is 14.9. The maximum atomic E-state index is 12.2. The highest BCUT2D eigenvalue weighted by Gasteiger charge is 2.22. The van der Waals surface area contributed by atoms with Crippen molar-refractivity contribution in [2.75, 3.05) is 6.61 Å². The Morgan fingerprint density at radius 3 is 2.75 bits per heavy atom. The maximum Gasteiger partial charge on any atom is 0.328 e. The van der Waals surface area contributed by atoms with Crippen LogP contribution in [0, 0.1) is 5.92 Å². The van der Waals surface area contributed by atoms with Crippen LogP contribution in [0.3, 0.4) is 0 Å². The largest absolute Gasteiger partial charge is 0.376 e. The van der Waals surface area contributed by atoms with Gasteiger partial charge in [0, 0.05) is 12.5 Å². The van der Waals surface area contributed by atoms with Gasteiger partial charge in [-0.1, -0.05) is 42.5 Å². The fraction of sp³-hybridized carbons (Fsp3) is 0.263. The Morgan fingerprint density at radius 1 is 1.08 bits per heavy atom. The Bertz CT molecular complexity index is 989. The summed E-state index contributed by atoms with van der Waals surface area (Å²) in [6.07, 6.45) is 0.815. The van der Waals surface area contributed by atoms with Crippen molar-refractivity contribution in [3.8, 4) is 0 Å². The summed E-state index contributed by atoms with van der Waals surface area (Å²) < 4.78 is 7.52. The number of ether oxygens (including phenoxy) is 1. The summed E-state index contributed by atoms with van der Waals surface area (Å²) in [5.74, 6) is 0.218. The van der Waals surface area contributed by atoms with Gasteiger partial charge in [0.2, 0.25) is 0 Å². The lowest BCUT2D eigenvalue weighted by Crippen LogP contribution is -2.36. The van der Waals surface area contributed by atoms with Gasteiger partial charge in [0.05, 0.1) is 24.1 Å². The molecule has 1 atom stereocenters. The highest BCUT2D eigenvalue weighted by molar-refractivity contribution is 5.81. The summed E-state index contributed by atoms with van der Waals surface area (Å²) in [4.78, 5) is 26.5. The van der Waals surface area contributed by atoms with E-state index in [9.17, 15) is 9.59 Å². The molecule has 0 radical (unpaired) electrons. The number of benzene rings is 2. The Morgan fingerprint density at radius 2 is 1.92 bits per heavy atom. The number of hydrogen-bond donors (Lipinski definition) is 1. The van der Waals surface area contributed by atoms with Crippen LogP contribution in [-0.2, 0) is 24.3 Å². The molecule has 0 fully saturated rings. The minimum atomic E-state index is -0.340. The van der Waals surface area contributed by atoms with Crippen LogP contribution in [0.2, 0.25) is 0 Å². The second-order valence-corrected chi connectivity index (χ2v) is 6.25. The van der Waals surface area contributed by atoms with Crippen LogP contribution in [0.4, 0.5) is 0 Å². The maximum absolute atomic E-state index is 12.2. The van der Waals surface area contributed by atoms with Crippen molar-refractivity contribution in [1.29, 1.82) is 0 Å². The van der Waals surface area contributed by atoms with Crippen molar-refractivity contribution in [2.24, 2.45) is 5.92 Å². The molecule has 1 aromatic heterocycles.